The van der Waals surface area contributed by atoms with Gasteiger partial charge in [-0.2, -0.15) is 0 Å². The van der Waals surface area contributed by atoms with Crippen LogP contribution in [0.3, 0.4) is 0 Å². The predicted octanol–water partition coefficient (Wildman–Crippen LogP) is 2.34. The zero-order chi connectivity index (χ0) is 13.7. The third-order valence-electron chi connectivity index (χ3n) is 3.81. The summed E-state index contributed by atoms with van der Waals surface area (Å²) in [4.78, 5) is 16.4. The van der Waals surface area contributed by atoms with E-state index in [2.05, 4.69) is 25.7 Å². The van der Waals surface area contributed by atoms with Crippen LogP contribution in [-0.2, 0) is 4.74 Å². The molecule has 2 atom stereocenters. The Kier molecular flexibility index (Phi) is 3.13. The number of rotatable bonds is 0. The SMILES string of the molecule is CC(C)(C)OC(=O)N1CC2CN(C(C)(C)C)CC21. The van der Waals surface area contributed by atoms with E-state index in [-0.39, 0.29) is 11.6 Å². The first kappa shape index (κ1) is 13.7. The van der Waals surface area contributed by atoms with Crippen molar-refractivity contribution in [2.45, 2.75) is 58.7 Å². The van der Waals surface area contributed by atoms with Crippen molar-refractivity contribution in [1.29, 1.82) is 0 Å². The molecule has 4 nitrogen and oxygen atoms in total. The Bertz CT molecular complexity index is 341. The Morgan fingerprint density at radius 3 is 2.17 bits per heavy atom. The third kappa shape index (κ3) is 2.63. The van der Waals surface area contributed by atoms with Gasteiger partial charge in [0.15, 0.2) is 0 Å². The highest BCUT2D eigenvalue weighted by molar-refractivity contribution is 5.70. The van der Waals surface area contributed by atoms with Gasteiger partial charge in [0.25, 0.3) is 0 Å². The predicted molar refractivity (Wildman–Crippen MR) is 71.5 cm³/mol. The summed E-state index contributed by atoms with van der Waals surface area (Å²) in [6.45, 7) is 15.4. The van der Waals surface area contributed by atoms with Gasteiger partial charge in [-0.15, -0.1) is 0 Å². The fourth-order valence-corrected chi connectivity index (χ4v) is 2.71. The summed E-state index contributed by atoms with van der Waals surface area (Å²) in [7, 11) is 0. The second kappa shape index (κ2) is 4.12. The van der Waals surface area contributed by atoms with Gasteiger partial charge in [-0.05, 0) is 41.5 Å². The molecule has 2 saturated heterocycles. The fourth-order valence-electron chi connectivity index (χ4n) is 2.71. The molecule has 2 rings (SSSR count). The summed E-state index contributed by atoms with van der Waals surface area (Å²) in [5.74, 6) is 0.636. The van der Waals surface area contributed by atoms with E-state index < -0.39 is 5.60 Å². The van der Waals surface area contributed by atoms with Gasteiger partial charge in [0.05, 0.1) is 6.04 Å². The van der Waals surface area contributed by atoms with E-state index in [0.29, 0.717) is 12.0 Å². The summed E-state index contributed by atoms with van der Waals surface area (Å²) < 4.78 is 5.44. The normalized spacial score (nSPS) is 28.9. The fraction of sp³-hybridized carbons (Fsp3) is 0.929. The van der Waals surface area contributed by atoms with Gasteiger partial charge in [0.2, 0.25) is 0 Å². The largest absolute Gasteiger partial charge is 0.444 e. The Labute approximate surface area is 110 Å². The van der Waals surface area contributed by atoms with Crippen LogP contribution in [0.1, 0.15) is 41.5 Å². The molecule has 104 valence electrons. The molecule has 0 N–H and O–H groups in total. The maximum atomic E-state index is 12.0. The van der Waals surface area contributed by atoms with E-state index in [0.717, 1.165) is 19.6 Å². The van der Waals surface area contributed by atoms with Gasteiger partial charge in [-0.25, -0.2) is 4.79 Å². The van der Waals surface area contributed by atoms with E-state index in [9.17, 15) is 4.79 Å². The van der Waals surface area contributed by atoms with Gasteiger partial charge in [0.1, 0.15) is 5.60 Å². The molecule has 0 aromatic carbocycles. The minimum Gasteiger partial charge on any atom is -0.444 e. The molecular weight excluding hydrogens is 228 g/mol. The minimum absolute atomic E-state index is 0.153. The Balaban J connectivity index is 1.92. The van der Waals surface area contributed by atoms with Crippen molar-refractivity contribution >= 4 is 6.09 Å². The van der Waals surface area contributed by atoms with Gasteiger partial charge >= 0.3 is 6.09 Å². The molecule has 4 heteroatoms. The zero-order valence-electron chi connectivity index (χ0n) is 12.5. The monoisotopic (exact) mass is 254 g/mol. The number of carbonyl (C=O) groups is 1. The lowest BCUT2D eigenvalue weighted by molar-refractivity contribution is -0.0165. The standard InChI is InChI=1S/C14H26N2O2/c1-13(2,3)15-7-10-8-16(11(10)9-15)12(17)18-14(4,5)6/h10-11H,7-9H2,1-6H3. The van der Waals surface area contributed by atoms with Crippen LogP contribution in [0.2, 0.25) is 0 Å². The lowest BCUT2D eigenvalue weighted by Crippen LogP contribution is -2.59. The molecule has 0 radical (unpaired) electrons. The lowest BCUT2D eigenvalue weighted by atomic mass is 9.93. The molecule has 2 aliphatic rings. The van der Waals surface area contributed by atoms with E-state index in [4.69, 9.17) is 4.74 Å². The van der Waals surface area contributed by atoms with Crippen molar-refractivity contribution in [1.82, 2.24) is 9.80 Å². The average Bonchev–Trinajstić information content (AvgIpc) is 2.39. The topological polar surface area (TPSA) is 32.8 Å². The van der Waals surface area contributed by atoms with E-state index in [1.165, 1.54) is 0 Å². The molecule has 0 bridgehead atoms. The molecule has 0 aromatic rings. The van der Waals surface area contributed by atoms with Crippen LogP contribution in [0.4, 0.5) is 4.79 Å². The van der Waals surface area contributed by atoms with Crippen LogP contribution in [0.5, 0.6) is 0 Å². The summed E-state index contributed by atoms with van der Waals surface area (Å²) in [6.07, 6.45) is -0.153. The molecule has 0 spiro atoms. The quantitative estimate of drug-likeness (QED) is 0.665. The first-order chi connectivity index (χ1) is 8.08. The molecule has 2 aliphatic heterocycles. The van der Waals surface area contributed by atoms with Crippen LogP contribution < -0.4 is 0 Å². The average molecular weight is 254 g/mol. The first-order valence-electron chi connectivity index (χ1n) is 6.82. The van der Waals surface area contributed by atoms with Gasteiger partial charge in [-0.1, -0.05) is 0 Å². The van der Waals surface area contributed by atoms with Gasteiger partial charge in [-0.3, -0.25) is 4.90 Å². The molecule has 0 saturated carbocycles. The van der Waals surface area contributed by atoms with Crippen molar-refractivity contribution in [2.24, 2.45) is 5.92 Å². The van der Waals surface area contributed by atoms with Crippen molar-refractivity contribution in [3.05, 3.63) is 0 Å². The maximum absolute atomic E-state index is 12.0. The highest BCUT2D eigenvalue weighted by Gasteiger charge is 2.50. The third-order valence-corrected chi connectivity index (χ3v) is 3.81. The molecule has 1 amide bonds. The highest BCUT2D eigenvalue weighted by atomic mass is 16.6. The van der Waals surface area contributed by atoms with E-state index >= 15 is 0 Å². The van der Waals surface area contributed by atoms with Crippen LogP contribution in [-0.4, -0.2) is 52.7 Å². The summed E-state index contributed by atoms with van der Waals surface area (Å²) in [5.41, 5.74) is -0.207. The van der Waals surface area contributed by atoms with Crippen molar-refractivity contribution in [2.75, 3.05) is 19.6 Å². The minimum atomic E-state index is -0.398. The number of likely N-dealkylation sites (tertiary alicyclic amines) is 2. The summed E-state index contributed by atoms with van der Waals surface area (Å²) >= 11 is 0. The van der Waals surface area contributed by atoms with Crippen molar-refractivity contribution in [3.63, 3.8) is 0 Å². The zero-order valence-corrected chi connectivity index (χ0v) is 12.5. The van der Waals surface area contributed by atoms with Crippen LogP contribution >= 0.6 is 0 Å². The maximum Gasteiger partial charge on any atom is 0.410 e. The molecule has 18 heavy (non-hydrogen) atoms. The number of hydrogen-bond donors (Lipinski definition) is 0. The first-order valence-corrected chi connectivity index (χ1v) is 6.82. The number of ether oxygens (including phenoxy) is 1. The van der Waals surface area contributed by atoms with E-state index in [1.54, 1.807) is 0 Å². The van der Waals surface area contributed by atoms with Crippen molar-refractivity contribution in [3.8, 4) is 0 Å². The van der Waals surface area contributed by atoms with Crippen molar-refractivity contribution < 1.29 is 9.53 Å². The second-order valence-electron chi connectivity index (χ2n) is 7.54. The Morgan fingerprint density at radius 1 is 1.06 bits per heavy atom. The van der Waals surface area contributed by atoms with E-state index in [1.807, 2.05) is 25.7 Å². The Morgan fingerprint density at radius 2 is 1.67 bits per heavy atom. The van der Waals surface area contributed by atoms with Crippen LogP contribution in [0.25, 0.3) is 0 Å². The summed E-state index contributed by atoms with van der Waals surface area (Å²) in [5, 5.41) is 0. The second-order valence-corrected chi connectivity index (χ2v) is 7.54. The van der Waals surface area contributed by atoms with Gasteiger partial charge in [0, 0.05) is 31.1 Å². The summed E-state index contributed by atoms with van der Waals surface area (Å²) in [6, 6.07) is 0.360. The number of fused-ring (bicyclic) bond motifs is 1. The van der Waals surface area contributed by atoms with Crippen LogP contribution in [0.15, 0.2) is 0 Å². The molecular formula is C14H26N2O2. The molecule has 2 heterocycles. The van der Waals surface area contributed by atoms with Crippen LogP contribution in [0, 0.1) is 5.92 Å². The number of carbonyl (C=O) groups excluding carboxylic acids is 1. The highest BCUT2D eigenvalue weighted by Crippen LogP contribution is 2.36. The van der Waals surface area contributed by atoms with Gasteiger partial charge < -0.3 is 9.64 Å². The number of hydrogen-bond acceptors (Lipinski definition) is 3. The molecule has 2 fully saturated rings. The molecule has 2 unspecified atom stereocenters. The number of amides is 1. The Hall–Kier alpha value is -0.770. The molecule has 0 aliphatic carbocycles. The molecule has 0 aromatic heterocycles. The lowest BCUT2D eigenvalue weighted by Gasteiger charge is -2.43. The number of nitrogens with zero attached hydrogens (tertiary/aromatic N) is 2. The smallest absolute Gasteiger partial charge is 0.410 e.